The summed E-state index contributed by atoms with van der Waals surface area (Å²) < 4.78 is 15.8. The van der Waals surface area contributed by atoms with Gasteiger partial charge in [0.15, 0.2) is 0 Å². The van der Waals surface area contributed by atoms with E-state index < -0.39 is 11.6 Å². The van der Waals surface area contributed by atoms with Crippen LogP contribution in [0.4, 0.5) is 4.79 Å². The minimum Gasteiger partial charge on any atom is -0.492 e. The summed E-state index contributed by atoms with van der Waals surface area (Å²) in [6.45, 7) is 7.56. The van der Waals surface area contributed by atoms with Crippen LogP contribution in [0.25, 0.3) is 0 Å². The van der Waals surface area contributed by atoms with Gasteiger partial charge in [-0.15, -0.1) is 0 Å². The first-order valence-electron chi connectivity index (χ1n) is 9.18. The Kier molecular flexibility index (Phi) is 7.36. The highest BCUT2D eigenvalue weighted by Gasteiger charge is 2.26. The van der Waals surface area contributed by atoms with Gasteiger partial charge in [0.05, 0.1) is 24.3 Å². The number of piperidine rings is 1. The fourth-order valence-corrected chi connectivity index (χ4v) is 3.16. The number of rotatable bonds is 5. The molecule has 1 aromatic carbocycles. The van der Waals surface area contributed by atoms with E-state index in [0.717, 1.165) is 19.3 Å². The van der Waals surface area contributed by atoms with Crippen LogP contribution in [0.2, 0.25) is 5.02 Å². The molecule has 150 valence electrons. The van der Waals surface area contributed by atoms with Gasteiger partial charge in [0.1, 0.15) is 11.4 Å². The monoisotopic (exact) mass is 397 g/mol. The van der Waals surface area contributed by atoms with E-state index in [-0.39, 0.29) is 6.09 Å². The van der Waals surface area contributed by atoms with Gasteiger partial charge in [-0.25, -0.2) is 9.59 Å². The predicted octanol–water partition coefficient (Wildman–Crippen LogP) is 4.54. The van der Waals surface area contributed by atoms with Crippen molar-refractivity contribution < 1.29 is 23.8 Å². The lowest BCUT2D eigenvalue weighted by Gasteiger charge is -2.33. The maximum atomic E-state index is 12.1. The molecule has 27 heavy (non-hydrogen) atoms. The van der Waals surface area contributed by atoms with E-state index in [9.17, 15) is 9.59 Å². The van der Waals surface area contributed by atoms with Crippen molar-refractivity contribution >= 4 is 23.7 Å². The fourth-order valence-electron chi connectivity index (χ4n) is 2.93. The van der Waals surface area contributed by atoms with Crippen molar-refractivity contribution in [1.29, 1.82) is 0 Å². The summed E-state index contributed by atoms with van der Waals surface area (Å²) in [6, 6.07) is 4.86. The number of carbonyl (C=O) groups excluding carboxylic acids is 2. The molecule has 0 saturated carbocycles. The zero-order chi connectivity index (χ0) is 20.0. The van der Waals surface area contributed by atoms with Crippen molar-refractivity contribution in [3.8, 4) is 5.75 Å². The number of ether oxygens (including phenoxy) is 3. The number of hydrogen-bond acceptors (Lipinski definition) is 5. The van der Waals surface area contributed by atoms with Gasteiger partial charge in [-0.05, 0) is 64.2 Å². The SMILES string of the molecule is COC(=O)c1ccc(OCCC2CCN(C(=O)OC(C)(C)C)CC2)c(Cl)c1. The molecule has 6 nitrogen and oxygen atoms in total. The number of likely N-dealkylation sites (tertiary alicyclic amines) is 1. The molecule has 2 rings (SSSR count). The highest BCUT2D eigenvalue weighted by Crippen LogP contribution is 2.27. The number of hydrogen-bond donors (Lipinski definition) is 0. The third-order valence-corrected chi connectivity index (χ3v) is 4.70. The summed E-state index contributed by atoms with van der Waals surface area (Å²) >= 11 is 6.17. The van der Waals surface area contributed by atoms with Crippen LogP contribution in [0.1, 0.15) is 50.4 Å². The van der Waals surface area contributed by atoms with Crippen molar-refractivity contribution in [3.05, 3.63) is 28.8 Å². The highest BCUT2D eigenvalue weighted by atomic mass is 35.5. The number of halogens is 1. The molecule has 1 fully saturated rings. The maximum Gasteiger partial charge on any atom is 0.410 e. The average molecular weight is 398 g/mol. The van der Waals surface area contributed by atoms with Crippen molar-refractivity contribution in [2.45, 2.75) is 45.6 Å². The van der Waals surface area contributed by atoms with Gasteiger partial charge in [-0.2, -0.15) is 0 Å². The molecule has 0 N–H and O–H groups in total. The summed E-state index contributed by atoms with van der Waals surface area (Å²) in [7, 11) is 1.33. The number of benzene rings is 1. The highest BCUT2D eigenvalue weighted by molar-refractivity contribution is 6.32. The van der Waals surface area contributed by atoms with E-state index >= 15 is 0 Å². The molecule has 0 unspecified atom stereocenters. The molecule has 1 amide bonds. The Morgan fingerprint density at radius 2 is 1.89 bits per heavy atom. The molecule has 1 aliphatic heterocycles. The van der Waals surface area contributed by atoms with Crippen LogP contribution in [0, 0.1) is 5.92 Å². The Balaban J connectivity index is 1.74. The summed E-state index contributed by atoms with van der Waals surface area (Å²) in [6.07, 6.45) is 2.50. The van der Waals surface area contributed by atoms with E-state index in [1.54, 1.807) is 23.1 Å². The lowest BCUT2D eigenvalue weighted by molar-refractivity contribution is 0.0177. The van der Waals surface area contributed by atoms with Crippen molar-refractivity contribution in [1.82, 2.24) is 4.90 Å². The van der Waals surface area contributed by atoms with Gasteiger partial charge < -0.3 is 19.1 Å². The number of nitrogens with zero attached hydrogens (tertiary/aromatic N) is 1. The Morgan fingerprint density at radius 1 is 1.22 bits per heavy atom. The predicted molar refractivity (Wildman–Crippen MR) is 103 cm³/mol. The lowest BCUT2D eigenvalue weighted by Crippen LogP contribution is -2.41. The molecular weight excluding hydrogens is 370 g/mol. The second kappa shape index (κ2) is 9.31. The third-order valence-electron chi connectivity index (χ3n) is 4.40. The van der Waals surface area contributed by atoms with E-state index in [2.05, 4.69) is 4.74 Å². The third kappa shape index (κ3) is 6.61. The number of amides is 1. The quantitative estimate of drug-likeness (QED) is 0.682. The molecule has 0 aliphatic carbocycles. The Labute approximate surface area is 165 Å². The zero-order valence-electron chi connectivity index (χ0n) is 16.4. The molecule has 7 heteroatoms. The summed E-state index contributed by atoms with van der Waals surface area (Å²) in [5, 5.41) is 0.387. The van der Waals surface area contributed by atoms with Crippen LogP contribution in [0.5, 0.6) is 5.75 Å². The van der Waals surface area contributed by atoms with Crippen LogP contribution in [0.3, 0.4) is 0 Å². The number of carbonyl (C=O) groups is 2. The van der Waals surface area contributed by atoms with Gasteiger partial charge in [0, 0.05) is 13.1 Å². The first kappa shape index (κ1) is 21.4. The Morgan fingerprint density at radius 3 is 2.44 bits per heavy atom. The minimum absolute atomic E-state index is 0.241. The Bertz CT molecular complexity index is 663. The summed E-state index contributed by atoms with van der Waals surface area (Å²) in [5.41, 5.74) is -0.0749. The first-order chi connectivity index (χ1) is 12.7. The van der Waals surface area contributed by atoms with E-state index in [1.807, 2.05) is 20.8 Å². The molecule has 1 aliphatic rings. The van der Waals surface area contributed by atoms with Crippen LogP contribution < -0.4 is 4.74 Å². The molecule has 0 aromatic heterocycles. The molecule has 1 heterocycles. The first-order valence-corrected chi connectivity index (χ1v) is 9.56. The van der Waals surface area contributed by atoms with Gasteiger partial charge >= 0.3 is 12.1 Å². The van der Waals surface area contributed by atoms with Crippen molar-refractivity contribution in [3.63, 3.8) is 0 Å². The molecule has 0 spiro atoms. The Hall–Kier alpha value is -1.95. The van der Waals surface area contributed by atoms with Crippen LogP contribution in [-0.4, -0.2) is 49.4 Å². The zero-order valence-corrected chi connectivity index (χ0v) is 17.2. The summed E-state index contributed by atoms with van der Waals surface area (Å²) in [4.78, 5) is 25.3. The van der Waals surface area contributed by atoms with E-state index in [0.29, 0.717) is 41.9 Å². The summed E-state index contributed by atoms with van der Waals surface area (Å²) in [5.74, 6) is 0.618. The molecule has 1 saturated heterocycles. The van der Waals surface area contributed by atoms with Gasteiger partial charge in [0.25, 0.3) is 0 Å². The fraction of sp³-hybridized carbons (Fsp3) is 0.600. The van der Waals surface area contributed by atoms with E-state index in [1.165, 1.54) is 7.11 Å². The molecule has 0 radical (unpaired) electrons. The van der Waals surface area contributed by atoms with E-state index in [4.69, 9.17) is 21.1 Å². The maximum absolute atomic E-state index is 12.1. The standard InChI is InChI=1S/C20H28ClNO5/c1-20(2,3)27-19(24)22-10-7-14(8-11-22)9-12-26-17-6-5-15(13-16(17)21)18(23)25-4/h5-6,13-14H,7-12H2,1-4H3. The minimum atomic E-state index is -0.468. The normalized spacial score (nSPS) is 15.4. The van der Waals surface area contributed by atoms with Gasteiger partial charge in [-0.3, -0.25) is 0 Å². The van der Waals surface area contributed by atoms with Crippen LogP contribution in [-0.2, 0) is 9.47 Å². The molecule has 1 aromatic rings. The number of esters is 1. The van der Waals surface area contributed by atoms with Crippen molar-refractivity contribution in [2.24, 2.45) is 5.92 Å². The largest absolute Gasteiger partial charge is 0.492 e. The smallest absolute Gasteiger partial charge is 0.410 e. The molecular formula is C20H28ClNO5. The average Bonchev–Trinajstić information content (AvgIpc) is 2.61. The number of methoxy groups -OCH3 is 1. The van der Waals surface area contributed by atoms with Crippen molar-refractivity contribution in [2.75, 3.05) is 26.8 Å². The lowest BCUT2D eigenvalue weighted by atomic mass is 9.94. The second-order valence-electron chi connectivity index (χ2n) is 7.68. The second-order valence-corrected chi connectivity index (χ2v) is 8.09. The topological polar surface area (TPSA) is 65.1 Å². The van der Waals surface area contributed by atoms with Crippen LogP contribution >= 0.6 is 11.6 Å². The molecule has 0 atom stereocenters. The van der Waals surface area contributed by atoms with Gasteiger partial charge in [-0.1, -0.05) is 11.6 Å². The van der Waals surface area contributed by atoms with Gasteiger partial charge in [0.2, 0.25) is 0 Å². The molecule has 0 bridgehead atoms. The van der Waals surface area contributed by atoms with Crippen LogP contribution in [0.15, 0.2) is 18.2 Å².